The van der Waals surface area contributed by atoms with Crippen LogP contribution in [0.4, 0.5) is 5.82 Å². The van der Waals surface area contributed by atoms with Gasteiger partial charge in [-0.1, -0.05) is 0 Å². The van der Waals surface area contributed by atoms with Gasteiger partial charge in [0.25, 0.3) is 0 Å². The zero-order chi connectivity index (χ0) is 15.2. The van der Waals surface area contributed by atoms with Gasteiger partial charge in [0, 0.05) is 44.5 Å². The third kappa shape index (κ3) is 4.54. The van der Waals surface area contributed by atoms with E-state index in [9.17, 15) is 0 Å². The molecule has 0 bridgehead atoms. The SMILES string of the molecule is Cc1cc(N=C(N)CC(=N)N2CCN(CCO)CC2)n[nH]1. The molecule has 0 spiro atoms. The number of aryl methyl sites for hydroxylation is 1. The van der Waals surface area contributed by atoms with Gasteiger partial charge < -0.3 is 15.7 Å². The zero-order valence-electron chi connectivity index (χ0n) is 12.3. The Bertz CT molecular complexity index is 502. The van der Waals surface area contributed by atoms with Crippen molar-refractivity contribution in [1.29, 1.82) is 5.41 Å². The van der Waals surface area contributed by atoms with E-state index in [1.807, 2.05) is 17.9 Å². The van der Waals surface area contributed by atoms with Crippen LogP contribution in [-0.2, 0) is 0 Å². The first-order valence-corrected chi connectivity index (χ1v) is 7.09. The molecule has 5 N–H and O–H groups in total. The summed E-state index contributed by atoms with van der Waals surface area (Å²) in [5.74, 6) is 1.42. The van der Waals surface area contributed by atoms with E-state index >= 15 is 0 Å². The maximum atomic E-state index is 8.92. The average molecular weight is 293 g/mol. The number of aromatic nitrogens is 2. The third-order valence-electron chi connectivity index (χ3n) is 3.47. The lowest BCUT2D eigenvalue weighted by atomic mass is 10.2. The molecule has 1 aromatic rings. The standard InChI is InChI=1S/C13H23N7O/c1-10-8-13(18-17-10)16-11(14)9-12(15)20-4-2-19(3-5-20)6-7-21/h8,15,21H,2-7,9H2,1H3,(H3,14,16,17,18). The van der Waals surface area contributed by atoms with Gasteiger partial charge >= 0.3 is 0 Å². The van der Waals surface area contributed by atoms with Crippen LogP contribution in [0.5, 0.6) is 0 Å². The first kappa shape index (κ1) is 15.5. The number of hydrogen-bond acceptors (Lipinski definition) is 5. The molecule has 1 aromatic heterocycles. The summed E-state index contributed by atoms with van der Waals surface area (Å²) < 4.78 is 0. The molecule has 8 heteroatoms. The summed E-state index contributed by atoms with van der Waals surface area (Å²) in [6.07, 6.45) is 0.325. The van der Waals surface area contributed by atoms with Crippen LogP contribution in [0.25, 0.3) is 0 Å². The van der Waals surface area contributed by atoms with E-state index in [2.05, 4.69) is 20.1 Å². The molecule has 0 aliphatic carbocycles. The Balaban J connectivity index is 1.83. The Hall–Kier alpha value is -1.93. The largest absolute Gasteiger partial charge is 0.395 e. The van der Waals surface area contributed by atoms with E-state index in [1.165, 1.54) is 0 Å². The molecule has 1 aliphatic rings. The average Bonchev–Trinajstić information content (AvgIpc) is 2.85. The van der Waals surface area contributed by atoms with Crippen molar-refractivity contribution >= 4 is 17.5 Å². The number of aliphatic hydroxyl groups excluding tert-OH is 1. The molecule has 0 saturated carbocycles. The summed E-state index contributed by atoms with van der Waals surface area (Å²) in [4.78, 5) is 8.39. The van der Waals surface area contributed by atoms with Crippen LogP contribution >= 0.6 is 0 Å². The number of rotatable bonds is 5. The molecule has 0 unspecified atom stereocenters. The van der Waals surface area contributed by atoms with Gasteiger partial charge in [0.1, 0.15) is 11.7 Å². The van der Waals surface area contributed by atoms with Crippen molar-refractivity contribution in [3.05, 3.63) is 11.8 Å². The monoisotopic (exact) mass is 293 g/mol. The fourth-order valence-corrected chi connectivity index (χ4v) is 2.31. The van der Waals surface area contributed by atoms with E-state index in [1.54, 1.807) is 0 Å². The molecule has 1 aliphatic heterocycles. The van der Waals surface area contributed by atoms with Gasteiger partial charge in [-0.05, 0) is 6.92 Å². The first-order chi connectivity index (χ1) is 10.1. The van der Waals surface area contributed by atoms with E-state index < -0.39 is 0 Å². The summed E-state index contributed by atoms with van der Waals surface area (Å²) in [5, 5.41) is 23.8. The smallest absolute Gasteiger partial charge is 0.175 e. The fraction of sp³-hybridized carbons (Fsp3) is 0.615. The van der Waals surface area contributed by atoms with E-state index in [0.29, 0.717) is 30.5 Å². The summed E-state index contributed by atoms with van der Waals surface area (Å²) in [6, 6.07) is 1.81. The van der Waals surface area contributed by atoms with Crippen molar-refractivity contribution in [3.8, 4) is 0 Å². The number of nitrogens with two attached hydrogens (primary N) is 1. The second-order valence-corrected chi connectivity index (χ2v) is 5.19. The van der Waals surface area contributed by atoms with Crippen molar-refractivity contribution < 1.29 is 5.11 Å². The topological polar surface area (TPSA) is 118 Å². The lowest BCUT2D eigenvalue weighted by molar-refractivity contribution is 0.146. The highest BCUT2D eigenvalue weighted by atomic mass is 16.3. The number of aliphatic hydroxyl groups is 1. The summed E-state index contributed by atoms with van der Waals surface area (Å²) >= 11 is 0. The van der Waals surface area contributed by atoms with Gasteiger partial charge in [0.05, 0.1) is 13.0 Å². The van der Waals surface area contributed by atoms with Crippen LogP contribution in [0.3, 0.4) is 0 Å². The Morgan fingerprint density at radius 3 is 2.76 bits per heavy atom. The lowest BCUT2D eigenvalue weighted by Crippen LogP contribution is -2.49. The quantitative estimate of drug-likeness (QED) is 0.438. The van der Waals surface area contributed by atoms with Crippen LogP contribution < -0.4 is 5.73 Å². The highest BCUT2D eigenvalue weighted by Gasteiger charge is 2.18. The minimum absolute atomic E-state index is 0.181. The first-order valence-electron chi connectivity index (χ1n) is 7.09. The summed E-state index contributed by atoms with van der Waals surface area (Å²) in [6.45, 7) is 6.07. The molecule has 8 nitrogen and oxygen atoms in total. The Morgan fingerprint density at radius 1 is 1.48 bits per heavy atom. The lowest BCUT2D eigenvalue weighted by Gasteiger charge is -2.35. The van der Waals surface area contributed by atoms with Crippen LogP contribution in [-0.4, -0.2) is 76.1 Å². The molecule has 1 fully saturated rings. The number of nitrogens with one attached hydrogen (secondary N) is 2. The molecule has 2 rings (SSSR count). The van der Waals surface area contributed by atoms with Crippen molar-refractivity contribution in [2.45, 2.75) is 13.3 Å². The minimum atomic E-state index is 0.181. The van der Waals surface area contributed by atoms with Gasteiger partial charge in [-0.25, -0.2) is 4.99 Å². The number of H-pyrrole nitrogens is 1. The molecule has 0 aromatic carbocycles. The predicted octanol–water partition coefficient (Wildman–Crippen LogP) is -0.316. The maximum Gasteiger partial charge on any atom is 0.175 e. The van der Waals surface area contributed by atoms with Crippen molar-refractivity contribution in [3.63, 3.8) is 0 Å². The molecule has 0 atom stereocenters. The van der Waals surface area contributed by atoms with Crippen LogP contribution in [0.1, 0.15) is 12.1 Å². The number of hydrogen-bond donors (Lipinski definition) is 4. The van der Waals surface area contributed by atoms with E-state index in [-0.39, 0.29) is 6.61 Å². The normalized spacial score (nSPS) is 17.2. The van der Waals surface area contributed by atoms with E-state index in [0.717, 1.165) is 31.9 Å². The Labute approximate surface area is 124 Å². The van der Waals surface area contributed by atoms with Gasteiger partial charge in [-0.2, -0.15) is 5.10 Å². The van der Waals surface area contributed by atoms with Crippen LogP contribution in [0.15, 0.2) is 11.1 Å². The number of piperazine rings is 1. The number of nitrogens with zero attached hydrogens (tertiary/aromatic N) is 4. The molecule has 21 heavy (non-hydrogen) atoms. The highest BCUT2D eigenvalue weighted by Crippen LogP contribution is 2.09. The summed E-state index contributed by atoms with van der Waals surface area (Å²) in [5.41, 5.74) is 6.81. The van der Waals surface area contributed by atoms with Crippen molar-refractivity contribution in [2.24, 2.45) is 10.7 Å². The highest BCUT2D eigenvalue weighted by molar-refractivity contribution is 6.01. The second kappa shape index (κ2) is 7.19. The second-order valence-electron chi connectivity index (χ2n) is 5.19. The number of amidine groups is 2. The Kier molecular flexibility index (Phi) is 5.29. The molecular formula is C13H23N7O. The van der Waals surface area contributed by atoms with Crippen LogP contribution in [0, 0.1) is 12.3 Å². The fourth-order valence-electron chi connectivity index (χ4n) is 2.31. The van der Waals surface area contributed by atoms with Crippen molar-refractivity contribution in [2.75, 3.05) is 39.3 Å². The maximum absolute atomic E-state index is 8.92. The summed E-state index contributed by atoms with van der Waals surface area (Å²) in [7, 11) is 0. The van der Waals surface area contributed by atoms with Crippen LogP contribution in [0.2, 0.25) is 0 Å². The minimum Gasteiger partial charge on any atom is -0.395 e. The Morgan fingerprint density at radius 2 is 2.19 bits per heavy atom. The number of aliphatic imine (C=N–C) groups is 1. The number of β-amino-alcohol motifs (C(OH)–C–C–N with tert-alkyl or cyclic N) is 1. The van der Waals surface area contributed by atoms with Gasteiger partial charge in [-0.15, -0.1) is 0 Å². The van der Waals surface area contributed by atoms with Crippen molar-refractivity contribution in [1.82, 2.24) is 20.0 Å². The molecule has 0 amide bonds. The van der Waals surface area contributed by atoms with Gasteiger partial charge in [0.2, 0.25) is 0 Å². The van der Waals surface area contributed by atoms with Gasteiger partial charge in [-0.3, -0.25) is 15.4 Å². The molecular weight excluding hydrogens is 270 g/mol. The molecule has 0 radical (unpaired) electrons. The van der Waals surface area contributed by atoms with E-state index in [4.69, 9.17) is 16.2 Å². The predicted molar refractivity (Wildman–Crippen MR) is 82.0 cm³/mol. The van der Waals surface area contributed by atoms with Gasteiger partial charge in [0.15, 0.2) is 5.82 Å². The third-order valence-corrected chi connectivity index (χ3v) is 3.47. The number of aromatic amines is 1. The zero-order valence-corrected chi connectivity index (χ0v) is 12.3. The molecule has 116 valence electrons. The molecule has 2 heterocycles. The molecule has 1 saturated heterocycles.